The molecular weight excluding hydrogens is 393 g/mol. The van der Waals surface area contributed by atoms with Gasteiger partial charge >= 0.3 is 0 Å². The minimum Gasteiger partial charge on any atom is -0.383 e. The molecule has 2 N–H and O–H groups in total. The second kappa shape index (κ2) is 6.73. The standard InChI is InChI=1S/C23H18FN7/c24-18-13-19-23(29-22(18)30-11-3-10-27-30)31(16-8-7-14-4-1-5-15(14)12-16)21(28-19)17-6-2-9-26-20(17)25/h2-3,6-13H,1,4-5H2,(H2,25,26). The summed E-state index contributed by atoms with van der Waals surface area (Å²) in [5.41, 5.74) is 11.4. The number of hydrogen-bond donors (Lipinski definition) is 1. The third-order valence-corrected chi connectivity index (χ3v) is 5.71. The van der Waals surface area contributed by atoms with Crippen molar-refractivity contribution >= 4 is 17.0 Å². The molecule has 0 saturated carbocycles. The first-order valence-electron chi connectivity index (χ1n) is 10.1. The van der Waals surface area contributed by atoms with E-state index in [4.69, 9.17) is 10.7 Å². The average Bonchev–Trinajstić information content (AvgIpc) is 3.52. The lowest BCUT2D eigenvalue weighted by Crippen LogP contribution is -2.05. The van der Waals surface area contributed by atoms with E-state index in [2.05, 4.69) is 33.3 Å². The van der Waals surface area contributed by atoms with E-state index in [0.717, 1.165) is 24.9 Å². The molecule has 0 saturated heterocycles. The molecule has 6 rings (SSSR count). The molecule has 7 nitrogen and oxygen atoms in total. The lowest BCUT2D eigenvalue weighted by atomic mass is 10.1. The Morgan fingerprint density at radius 2 is 1.87 bits per heavy atom. The first-order valence-corrected chi connectivity index (χ1v) is 10.1. The van der Waals surface area contributed by atoms with Crippen LogP contribution in [0.15, 0.2) is 61.1 Å². The molecule has 152 valence electrons. The number of anilines is 1. The van der Waals surface area contributed by atoms with Gasteiger partial charge in [0.05, 0.1) is 5.56 Å². The van der Waals surface area contributed by atoms with E-state index in [1.54, 1.807) is 30.7 Å². The van der Waals surface area contributed by atoms with Crippen molar-refractivity contribution in [1.29, 1.82) is 0 Å². The van der Waals surface area contributed by atoms with Crippen molar-refractivity contribution in [3.8, 4) is 22.9 Å². The van der Waals surface area contributed by atoms with Gasteiger partial charge in [-0.05, 0) is 60.7 Å². The van der Waals surface area contributed by atoms with Gasteiger partial charge in [-0.3, -0.25) is 4.57 Å². The largest absolute Gasteiger partial charge is 0.383 e. The highest BCUT2D eigenvalue weighted by Crippen LogP contribution is 2.33. The number of nitrogens with zero attached hydrogens (tertiary/aromatic N) is 6. The minimum atomic E-state index is -0.500. The SMILES string of the molecule is Nc1ncccc1-c1nc2cc(F)c(-n3cccn3)nc2n1-c1ccc2c(c1)CCC2. The van der Waals surface area contributed by atoms with E-state index in [0.29, 0.717) is 28.4 Å². The normalized spacial score (nSPS) is 13.1. The number of imidazole rings is 1. The van der Waals surface area contributed by atoms with Gasteiger partial charge in [0.15, 0.2) is 23.1 Å². The Morgan fingerprint density at radius 1 is 0.968 bits per heavy atom. The molecular formula is C23H18FN7. The van der Waals surface area contributed by atoms with Crippen LogP contribution in [0.5, 0.6) is 0 Å². The van der Waals surface area contributed by atoms with Crippen LogP contribution in [0, 0.1) is 5.82 Å². The number of nitrogen functional groups attached to an aromatic ring is 1. The first-order chi connectivity index (χ1) is 15.2. The van der Waals surface area contributed by atoms with Crippen molar-refractivity contribution < 1.29 is 4.39 Å². The Bertz CT molecular complexity index is 1440. The Morgan fingerprint density at radius 3 is 2.71 bits per heavy atom. The third-order valence-electron chi connectivity index (χ3n) is 5.71. The smallest absolute Gasteiger partial charge is 0.191 e. The maximum Gasteiger partial charge on any atom is 0.191 e. The number of nitrogens with two attached hydrogens (primary N) is 1. The summed E-state index contributed by atoms with van der Waals surface area (Å²) in [5.74, 6) is 0.544. The number of benzene rings is 1. The zero-order valence-electron chi connectivity index (χ0n) is 16.5. The molecule has 0 unspecified atom stereocenters. The molecule has 8 heteroatoms. The third kappa shape index (κ3) is 2.79. The zero-order chi connectivity index (χ0) is 20.9. The molecule has 4 heterocycles. The van der Waals surface area contributed by atoms with Crippen molar-refractivity contribution in [2.75, 3.05) is 5.73 Å². The molecule has 0 spiro atoms. The summed E-state index contributed by atoms with van der Waals surface area (Å²) in [4.78, 5) is 13.5. The Balaban J connectivity index is 1.68. The Labute approximate surface area is 177 Å². The number of fused-ring (bicyclic) bond motifs is 2. The molecule has 0 fully saturated rings. The maximum absolute atomic E-state index is 14.9. The van der Waals surface area contributed by atoms with Gasteiger partial charge in [0.25, 0.3) is 0 Å². The summed E-state index contributed by atoms with van der Waals surface area (Å²) in [6.07, 6.45) is 8.17. The van der Waals surface area contributed by atoms with E-state index < -0.39 is 5.82 Å². The van der Waals surface area contributed by atoms with Gasteiger partial charge in [-0.25, -0.2) is 24.0 Å². The quantitative estimate of drug-likeness (QED) is 0.487. The van der Waals surface area contributed by atoms with Crippen LogP contribution >= 0.6 is 0 Å². The highest BCUT2D eigenvalue weighted by Gasteiger charge is 2.22. The van der Waals surface area contributed by atoms with E-state index in [1.165, 1.54) is 21.9 Å². The van der Waals surface area contributed by atoms with Crippen LogP contribution in [0.2, 0.25) is 0 Å². The monoisotopic (exact) mass is 411 g/mol. The van der Waals surface area contributed by atoms with Crippen LogP contribution in [-0.2, 0) is 12.8 Å². The van der Waals surface area contributed by atoms with E-state index in [1.807, 2.05) is 10.6 Å². The molecule has 0 bridgehead atoms. The summed E-state index contributed by atoms with van der Waals surface area (Å²) in [7, 11) is 0. The molecule has 0 aliphatic heterocycles. The van der Waals surface area contributed by atoms with Crippen molar-refractivity contribution in [3.05, 3.63) is 78.0 Å². The molecule has 31 heavy (non-hydrogen) atoms. The van der Waals surface area contributed by atoms with Gasteiger partial charge in [0.1, 0.15) is 11.3 Å². The highest BCUT2D eigenvalue weighted by molar-refractivity contribution is 5.83. The maximum atomic E-state index is 14.9. The van der Waals surface area contributed by atoms with Gasteiger partial charge in [-0.15, -0.1) is 0 Å². The van der Waals surface area contributed by atoms with E-state index in [-0.39, 0.29) is 5.82 Å². The Kier molecular flexibility index (Phi) is 3.86. The average molecular weight is 411 g/mol. The second-order valence-electron chi connectivity index (χ2n) is 7.60. The van der Waals surface area contributed by atoms with Gasteiger partial charge in [-0.1, -0.05) is 6.07 Å². The molecule has 0 atom stereocenters. The molecule has 1 aliphatic rings. The predicted octanol–water partition coefficient (Wildman–Crippen LogP) is 3.88. The number of halogens is 1. The molecule has 0 radical (unpaired) electrons. The molecule has 1 aliphatic carbocycles. The van der Waals surface area contributed by atoms with E-state index >= 15 is 0 Å². The van der Waals surface area contributed by atoms with Crippen LogP contribution < -0.4 is 5.73 Å². The van der Waals surface area contributed by atoms with E-state index in [9.17, 15) is 4.39 Å². The Hall–Kier alpha value is -4.07. The molecule has 4 aromatic heterocycles. The number of aryl methyl sites for hydroxylation is 2. The van der Waals surface area contributed by atoms with Crippen LogP contribution in [0.1, 0.15) is 17.5 Å². The topological polar surface area (TPSA) is 87.4 Å². The summed E-state index contributed by atoms with van der Waals surface area (Å²) >= 11 is 0. The van der Waals surface area contributed by atoms with Crippen molar-refractivity contribution in [3.63, 3.8) is 0 Å². The lowest BCUT2D eigenvalue weighted by Gasteiger charge is -2.12. The zero-order valence-corrected chi connectivity index (χ0v) is 16.5. The van der Waals surface area contributed by atoms with Crippen LogP contribution in [0.3, 0.4) is 0 Å². The molecule has 0 amide bonds. The van der Waals surface area contributed by atoms with Crippen molar-refractivity contribution in [1.82, 2.24) is 29.3 Å². The summed E-state index contributed by atoms with van der Waals surface area (Å²) in [6.45, 7) is 0. The highest BCUT2D eigenvalue weighted by atomic mass is 19.1. The van der Waals surface area contributed by atoms with Crippen LogP contribution in [0.4, 0.5) is 10.2 Å². The lowest BCUT2D eigenvalue weighted by molar-refractivity contribution is 0.603. The van der Waals surface area contributed by atoms with Gasteiger partial charge < -0.3 is 5.73 Å². The van der Waals surface area contributed by atoms with Gasteiger partial charge in [0.2, 0.25) is 0 Å². The number of pyridine rings is 2. The number of aromatic nitrogens is 6. The summed E-state index contributed by atoms with van der Waals surface area (Å²) in [6, 6.07) is 13.2. The van der Waals surface area contributed by atoms with Gasteiger partial charge in [-0.2, -0.15) is 5.10 Å². The van der Waals surface area contributed by atoms with Crippen molar-refractivity contribution in [2.24, 2.45) is 0 Å². The molecule has 5 aromatic rings. The van der Waals surface area contributed by atoms with Crippen LogP contribution in [-0.4, -0.2) is 29.3 Å². The summed E-state index contributed by atoms with van der Waals surface area (Å²) in [5, 5.41) is 4.14. The van der Waals surface area contributed by atoms with Crippen LogP contribution in [0.25, 0.3) is 34.1 Å². The summed E-state index contributed by atoms with van der Waals surface area (Å²) < 4.78 is 18.2. The minimum absolute atomic E-state index is 0.116. The second-order valence-corrected chi connectivity index (χ2v) is 7.60. The van der Waals surface area contributed by atoms with Gasteiger partial charge in [0, 0.05) is 30.3 Å². The predicted molar refractivity (Wildman–Crippen MR) is 116 cm³/mol. The first kappa shape index (κ1) is 17.8. The fourth-order valence-electron chi connectivity index (χ4n) is 4.26. The fraction of sp³-hybridized carbons (Fsp3) is 0.130. The fourth-order valence-corrected chi connectivity index (χ4v) is 4.26. The van der Waals surface area contributed by atoms with Crippen molar-refractivity contribution in [2.45, 2.75) is 19.3 Å². The molecule has 1 aromatic carbocycles. The number of hydrogen-bond acceptors (Lipinski definition) is 5. The number of rotatable bonds is 3.